The standard InChI is InChI=1S/C13H11Cl2FN2O/c1-19-13-6-12(9(16)5-10(13)17)18-11-3-2-7(14)4-8(11)15/h2-6,18H,17H2,1H3. The molecule has 0 aliphatic carbocycles. The maximum absolute atomic E-state index is 13.8. The Hall–Kier alpha value is -1.65. The summed E-state index contributed by atoms with van der Waals surface area (Å²) >= 11 is 11.8. The molecule has 2 rings (SSSR count). The second-order valence-electron chi connectivity index (χ2n) is 3.82. The number of benzene rings is 2. The Bertz CT molecular complexity index is 620. The van der Waals surface area contributed by atoms with Crippen LogP contribution in [0.15, 0.2) is 30.3 Å². The number of anilines is 3. The van der Waals surface area contributed by atoms with Gasteiger partial charge >= 0.3 is 0 Å². The van der Waals surface area contributed by atoms with Crippen LogP contribution < -0.4 is 15.8 Å². The first kappa shape index (κ1) is 13.8. The van der Waals surface area contributed by atoms with Crippen molar-refractivity contribution >= 4 is 40.3 Å². The van der Waals surface area contributed by atoms with E-state index >= 15 is 0 Å². The van der Waals surface area contributed by atoms with Gasteiger partial charge in [-0.15, -0.1) is 0 Å². The molecule has 6 heteroatoms. The van der Waals surface area contributed by atoms with Crippen molar-refractivity contribution in [3.05, 3.63) is 46.2 Å². The molecule has 3 nitrogen and oxygen atoms in total. The van der Waals surface area contributed by atoms with Crippen molar-refractivity contribution in [3.8, 4) is 5.75 Å². The molecule has 0 bridgehead atoms. The predicted octanol–water partition coefficient (Wildman–Crippen LogP) is 4.47. The zero-order chi connectivity index (χ0) is 14.0. The Morgan fingerprint density at radius 2 is 1.89 bits per heavy atom. The van der Waals surface area contributed by atoms with E-state index < -0.39 is 5.82 Å². The average molecular weight is 301 g/mol. The number of nitrogen functional groups attached to an aromatic ring is 1. The first-order valence-electron chi connectivity index (χ1n) is 5.36. The molecule has 0 unspecified atom stereocenters. The largest absolute Gasteiger partial charge is 0.495 e. The van der Waals surface area contributed by atoms with Gasteiger partial charge in [0, 0.05) is 17.2 Å². The van der Waals surface area contributed by atoms with Crippen LogP contribution in [0.4, 0.5) is 21.5 Å². The predicted molar refractivity (Wildman–Crippen MR) is 77.1 cm³/mol. The van der Waals surface area contributed by atoms with Gasteiger partial charge in [0.1, 0.15) is 11.6 Å². The van der Waals surface area contributed by atoms with E-state index in [0.717, 1.165) is 0 Å². The van der Waals surface area contributed by atoms with Gasteiger partial charge in [-0.05, 0) is 18.2 Å². The van der Waals surface area contributed by atoms with E-state index in [1.807, 2.05) is 0 Å². The van der Waals surface area contributed by atoms with Gasteiger partial charge in [-0.3, -0.25) is 0 Å². The summed E-state index contributed by atoms with van der Waals surface area (Å²) in [6, 6.07) is 7.54. The van der Waals surface area contributed by atoms with Gasteiger partial charge in [-0.25, -0.2) is 4.39 Å². The molecule has 0 aliphatic heterocycles. The molecular weight excluding hydrogens is 290 g/mol. The Kier molecular flexibility index (Phi) is 4.02. The lowest BCUT2D eigenvalue weighted by molar-refractivity contribution is 0.416. The van der Waals surface area contributed by atoms with Crippen molar-refractivity contribution in [2.75, 3.05) is 18.2 Å². The number of hydrogen-bond acceptors (Lipinski definition) is 3. The Morgan fingerprint density at radius 3 is 2.53 bits per heavy atom. The number of ether oxygens (including phenoxy) is 1. The van der Waals surface area contributed by atoms with Gasteiger partial charge in [0.2, 0.25) is 0 Å². The third-order valence-corrected chi connectivity index (χ3v) is 3.07. The van der Waals surface area contributed by atoms with Gasteiger partial charge in [-0.1, -0.05) is 23.2 Å². The van der Waals surface area contributed by atoms with Crippen LogP contribution >= 0.6 is 23.2 Å². The van der Waals surface area contributed by atoms with Crippen LogP contribution in [0.3, 0.4) is 0 Å². The first-order valence-corrected chi connectivity index (χ1v) is 6.12. The van der Waals surface area contributed by atoms with Crippen LogP contribution in [0.1, 0.15) is 0 Å². The molecule has 0 saturated carbocycles. The van der Waals surface area contributed by atoms with E-state index in [-0.39, 0.29) is 11.4 Å². The lowest BCUT2D eigenvalue weighted by atomic mass is 10.2. The molecule has 0 amide bonds. The van der Waals surface area contributed by atoms with Crippen molar-refractivity contribution in [1.29, 1.82) is 0 Å². The van der Waals surface area contributed by atoms with Crippen molar-refractivity contribution in [2.45, 2.75) is 0 Å². The van der Waals surface area contributed by atoms with Crippen molar-refractivity contribution < 1.29 is 9.13 Å². The summed E-state index contributed by atoms with van der Waals surface area (Å²) in [5, 5.41) is 3.77. The molecule has 3 N–H and O–H groups in total. The number of nitrogens with two attached hydrogens (primary N) is 1. The molecule has 2 aromatic rings. The SMILES string of the molecule is COc1cc(Nc2ccc(Cl)cc2Cl)c(F)cc1N. The van der Waals surface area contributed by atoms with Crippen molar-refractivity contribution in [2.24, 2.45) is 0 Å². The van der Waals surface area contributed by atoms with E-state index in [9.17, 15) is 4.39 Å². The van der Waals surface area contributed by atoms with Crippen LogP contribution in [0.2, 0.25) is 10.0 Å². The second kappa shape index (κ2) is 5.55. The third kappa shape index (κ3) is 3.03. The maximum Gasteiger partial charge on any atom is 0.148 e. The summed E-state index contributed by atoms with van der Waals surface area (Å²) < 4.78 is 18.8. The molecule has 2 aromatic carbocycles. The minimum Gasteiger partial charge on any atom is -0.495 e. The van der Waals surface area contributed by atoms with E-state index in [1.54, 1.807) is 18.2 Å². The van der Waals surface area contributed by atoms with Crippen LogP contribution in [0.5, 0.6) is 5.75 Å². The van der Waals surface area contributed by atoms with Crippen LogP contribution in [0, 0.1) is 5.82 Å². The van der Waals surface area contributed by atoms with Gasteiger partial charge in [0.25, 0.3) is 0 Å². The summed E-state index contributed by atoms with van der Waals surface area (Å²) in [5.74, 6) is -0.113. The highest BCUT2D eigenvalue weighted by Crippen LogP contribution is 2.33. The summed E-state index contributed by atoms with van der Waals surface area (Å²) in [6.45, 7) is 0. The fourth-order valence-corrected chi connectivity index (χ4v) is 2.03. The highest BCUT2D eigenvalue weighted by molar-refractivity contribution is 6.36. The maximum atomic E-state index is 13.8. The zero-order valence-electron chi connectivity index (χ0n) is 10.0. The summed E-state index contributed by atoms with van der Waals surface area (Å²) in [7, 11) is 1.46. The molecule has 0 radical (unpaired) electrons. The minimum atomic E-state index is -0.496. The van der Waals surface area contributed by atoms with E-state index in [2.05, 4.69) is 5.32 Å². The van der Waals surface area contributed by atoms with E-state index in [4.69, 9.17) is 33.7 Å². The Balaban J connectivity index is 2.37. The van der Waals surface area contributed by atoms with Crippen LogP contribution in [-0.4, -0.2) is 7.11 Å². The fraction of sp³-hybridized carbons (Fsp3) is 0.0769. The molecule has 0 spiro atoms. The number of nitrogens with one attached hydrogen (secondary N) is 1. The number of methoxy groups -OCH3 is 1. The molecule has 0 saturated heterocycles. The van der Waals surface area contributed by atoms with Crippen LogP contribution in [-0.2, 0) is 0 Å². The average Bonchev–Trinajstić information content (AvgIpc) is 2.35. The molecule has 100 valence electrons. The summed E-state index contributed by atoms with van der Waals surface area (Å²) in [4.78, 5) is 0. The molecular formula is C13H11Cl2FN2O. The van der Waals surface area contributed by atoms with Crippen molar-refractivity contribution in [1.82, 2.24) is 0 Å². The monoisotopic (exact) mass is 300 g/mol. The molecule has 19 heavy (non-hydrogen) atoms. The topological polar surface area (TPSA) is 47.3 Å². The Labute approximate surface area is 120 Å². The van der Waals surface area contributed by atoms with Gasteiger partial charge in [0.05, 0.1) is 29.2 Å². The lowest BCUT2D eigenvalue weighted by Crippen LogP contribution is -1.99. The van der Waals surface area contributed by atoms with Gasteiger partial charge in [-0.2, -0.15) is 0 Å². The number of halogens is 3. The highest BCUT2D eigenvalue weighted by atomic mass is 35.5. The zero-order valence-corrected chi connectivity index (χ0v) is 11.5. The second-order valence-corrected chi connectivity index (χ2v) is 4.67. The molecule has 0 fully saturated rings. The minimum absolute atomic E-state index is 0.218. The number of hydrogen-bond donors (Lipinski definition) is 2. The molecule has 0 atom stereocenters. The van der Waals surface area contributed by atoms with Crippen molar-refractivity contribution in [3.63, 3.8) is 0 Å². The quantitative estimate of drug-likeness (QED) is 0.822. The summed E-state index contributed by atoms with van der Waals surface area (Å²) in [6.07, 6.45) is 0. The van der Waals surface area contributed by atoms with E-state index in [1.165, 1.54) is 19.2 Å². The molecule has 0 aromatic heterocycles. The smallest absolute Gasteiger partial charge is 0.148 e. The van der Waals surface area contributed by atoms with Crippen LogP contribution in [0.25, 0.3) is 0 Å². The van der Waals surface area contributed by atoms with E-state index in [0.29, 0.717) is 21.5 Å². The third-order valence-electron chi connectivity index (χ3n) is 2.52. The van der Waals surface area contributed by atoms with Gasteiger partial charge in [0.15, 0.2) is 0 Å². The lowest BCUT2D eigenvalue weighted by Gasteiger charge is -2.12. The highest BCUT2D eigenvalue weighted by Gasteiger charge is 2.10. The Morgan fingerprint density at radius 1 is 1.16 bits per heavy atom. The number of rotatable bonds is 3. The fourth-order valence-electron chi connectivity index (χ4n) is 1.58. The summed E-state index contributed by atoms with van der Waals surface area (Å²) in [5.41, 5.74) is 6.59. The molecule has 0 aliphatic rings. The molecule has 0 heterocycles. The normalized spacial score (nSPS) is 10.3. The van der Waals surface area contributed by atoms with Gasteiger partial charge < -0.3 is 15.8 Å². The first-order chi connectivity index (χ1) is 9.01.